The Morgan fingerprint density at radius 1 is 1.23 bits per heavy atom. The molecule has 3 rings (SSSR count). The molecule has 6 nitrogen and oxygen atoms in total. The van der Waals surface area contributed by atoms with E-state index >= 15 is 0 Å². The third-order valence-corrected chi connectivity index (χ3v) is 5.48. The van der Waals surface area contributed by atoms with Crippen LogP contribution in [0.2, 0.25) is 0 Å². The number of halogens is 1. The number of nitrogens with one attached hydrogen (secondary N) is 1. The number of aromatic nitrogens is 1. The summed E-state index contributed by atoms with van der Waals surface area (Å²) in [6.07, 6.45) is 1.70. The minimum absolute atomic E-state index is 0.115. The molecule has 0 radical (unpaired) electrons. The van der Waals surface area contributed by atoms with Gasteiger partial charge in [-0.05, 0) is 41.9 Å². The quantitative estimate of drug-likeness (QED) is 0.599. The second kappa shape index (κ2) is 8.62. The van der Waals surface area contributed by atoms with Crippen molar-refractivity contribution in [2.24, 2.45) is 5.10 Å². The molecule has 0 unspecified atom stereocenters. The van der Waals surface area contributed by atoms with Crippen molar-refractivity contribution < 1.29 is 9.53 Å². The van der Waals surface area contributed by atoms with Gasteiger partial charge in [-0.25, -0.2) is 5.43 Å². The van der Waals surface area contributed by atoms with Crippen molar-refractivity contribution in [1.82, 2.24) is 14.9 Å². The van der Waals surface area contributed by atoms with E-state index in [1.165, 1.54) is 0 Å². The number of carbonyl (C=O) groups excluding carboxylic acids is 1. The number of carbonyl (C=O) groups is 1. The van der Waals surface area contributed by atoms with Crippen molar-refractivity contribution in [2.75, 3.05) is 32.8 Å². The smallest absolute Gasteiger partial charge is 0.254 e. The maximum absolute atomic E-state index is 12.0. The summed E-state index contributed by atoms with van der Waals surface area (Å²) < 4.78 is 8.43. The van der Waals surface area contributed by atoms with Crippen LogP contribution < -0.4 is 5.43 Å². The Balaban J connectivity index is 1.69. The average Bonchev–Trinajstić information content (AvgIpc) is 2.86. The first-order valence-corrected chi connectivity index (χ1v) is 9.42. The van der Waals surface area contributed by atoms with Crippen LogP contribution in [-0.2, 0) is 9.53 Å². The monoisotopic (exact) mass is 418 g/mol. The van der Waals surface area contributed by atoms with Crippen molar-refractivity contribution in [3.05, 3.63) is 51.8 Å². The summed E-state index contributed by atoms with van der Waals surface area (Å²) in [5.41, 5.74) is 6.83. The molecule has 1 aliphatic heterocycles. The highest BCUT2D eigenvalue weighted by Gasteiger charge is 2.16. The Labute approximate surface area is 162 Å². The van der Waals surface area contributed by atoms with Crippen molar-refractivity contribution in [2.45, 2.75) is 13.8 Å². The van der Waals surface area contributed by atoms with Gasteiger partial charge in [0.1, 0.15) is 0 Å². The molecule has 0 saturated carbocycles. The van der Waals surface area contributed by atoms with Gasteiger partial charge in [-0.2, -0.15) is 5.10 Å². The van der Waals surface area contributed by atoms with Gasteiger partial charge in [0.2, 0.25) is 0 Å². The van der Waals surface area contributed by atoms with Gasteiger partial charge >= 0.3 is 0 Å². The van der Waals surface area contributed by atoms with Gasteiger partial charge in [-0.15, -0.1) is 0 Å². The molecule has 0 bridgehead atoms. The molecule has 1 fully saturated rings. The number of para-hydroxylation sites is 1. The summed E-state index contributed by atoms with van der Waals surface area (Å²) in [6.45, 7) is 7.34. The van der Waals surface area contributed by atoms with E-state index in [9.17, 15) is 4.79 Å². The SMILES string of the molecule is Cc1c(Br)c(/C=N\NC(=O)CN2CCOCC2)c(C)n1-c1ccccc1. The second-order valence-corrected chi connectivity index (χ2v) is 7.04. The number of benzene rings is 1. The molecule has 0 atom stereocenters. The van der Waals surface area contributed by atoms with E-state index in [0.29, 0.717) is 19.8 Å². The van der Waals surface area contributed by atoms with Crippen LogP contribution in [0.1, 0.15) is 17.0 Å². The van der Waals surface area contributed by atoms with Crippen molar-refractivity contribution >= 4 is 28.1 Å². The zero-order chi connectivity index (χ0) is 18.5. The van der Waals surface area contributed by atoms with Gasteiger partial charge in [0.05, 0.1) is 26.0 Å². The van der Waals surface area contributed by atoms with Crippen molar-refractivity contribution in [3.8, 4) is 5.69 Å². The summed E-state index contributed by atoms with van der Waals surface area (Å²) in [5, 5.41) is 4.15. The minimum Gasteiger partial charge on any atom is -0.379 e. The Bertz CT molecular complexity index is 796. The van der Waals surface area contributed by atoms with E-state index in [1.807, 2.05) is 25.1 Å². The molecule has 2 heterocycles. The van der Waals surface area contributed by atoms with E-state index in [4.69, 9.17) is 4.74 Å². The molecular formula is C19H23BrN4O2. The van der Waals surface area contributed by atoms with E-state index in [1.54, 1.807) is 6.21 Å². The lowest BCUT2D eigenvalue weighted by molar-refractivity contribution is -0.123. The summed E-state index contributed by atoms with van der Waals surface area (Å²) in [7, 11) is 0. The molecule has 1 aliphatic rings. The van der Waals surface area contributed by atoms with Gasteiger partial charge in [0.15, 0.2) is 0 Å². The summed E-state index contributed by atoms with van der Waals surface area (Å²) >= 11 is 3.65. The van der Waals surface area contributed by atoms with E-state index < -0.39 is 0 Å². The number of rotatable bonds is 5. The Hall–Kier alpha value is -1.96. The lowest BCUT2D eigenvalue weighted by Gasteiger charge is -2.25. The highest BCUT2D eigenvalue weighted by Crippen LogP contribution is 2.29. The molecule has 1 N–H and O–H groups in total. The first-order valence-electron chi connectivity index (χ1n) is 8.62. The van der Waals surface area contributed by atoms with Crippen LogP contribution in [0.25, 0.3) is 5.69 Å². The molecule has 7 heteroatoms. The van der Waals surface area contributed by atoms with Crippen LogP contribution in [0.3, 0.4) is 0 Å². The van der Waals surface area contributed by atoms with E-state index in [2.05, 4.69) is 55.0 Å². The Kier molecular flexibility index (Phi) is 6.24. The van der Waals surface area contributed by atoms with Crippen LogP contribution in [-0.4, -0.2) is 54.4 Å². The van der Waals surface area contributed by atoms with Gasteiger partial charge in [-0.3, -0.25) is 9.69 Å². The average molecular weight is 419 g/mol. The molecule has 0 aliphatic carbocycles. The fourth-order valence-electron chi connectivity index (χ4n) is 3.10. The molecule has 0 spiro atoms. The van der Waals surface area contributed by atoms with E-state index in [-0.39, 0.29) is 5.91 Å². The molecule has 1 amide bonds. The van der Waals surface area contributed by atoms with Crippen LogP contribution in [0, 0.1) is 13.8 Å². The normalized spacial score (nSPS) is 15.5. The number of hydrogen-bond donors (Lipinski definition) is 1. The van der Waals surface area contributed by atoms with Crippen LogP contribution in [0.5, 0.6) is 0 Å². The maximum atomic E-state index is 12.0. The van der Waals surface area contributed by atoms with E-state index in [0.717, 1.165) is 40.2 Å². The summed E-state index contributed by atoms with van der Waals surface area (Å²) in [6, 6.07) is 10.2. The summed E-state index contributed by atoms with van der Waals surface area (Å²) in [5.74, 6) is -0.115. The molecule has 26 heavy (non-hydrogen) atoms. The number of hydrazone groups is 1. The van der Waals surface area contributed by atoms with Crippen LogP contribution >= 0.6 is 15.9 Å². The number of morpholine rings is 1. The minimum atomic E-state index is -0.115. The zero-order valence-electron chi connectivity index (χ0n) is 15.0. The molecular weight excluding hydrogens is 396 g/mol. The number of amides is 1. The number of nitrogens with zero attached hydrogens (tertiary/aromatic N) is 3. The fraction of sp³-hybridized carbons (Fsp3) is 0.368. The van der Waals surface area contributed by atoms with Gasteiger partial charge in [-0.1, -0.05) is 18.2 Å². The van der Waals surface area contributed by atoms with Gasteiger partial charge in [0, 0.05) is 40.2 Å². The first-order chi connectivity index (χ1) is 12.6. The molecule has 1 saturated heterocycles. The fourth-order valence-corrected chi connectivity index (χ4v) is 3.67. The highest BCUT2D eigenvalue weighted by atomic mass is 79.9. The third kappa shape index (κ3) is 4.23. The largest absolute Gasteiger partial charge is 0.379 e. The predicted octanol–water partition coefficient (Wildman–Crippen LogP) is 2.64. The molecule has 1 aromatic heterocycles. The molecule has 2 aromatic rings. The molecule has 1 aromatic carbocycles. The van der Waals surface area contributed by atoms with Crippen LogP contribution in [0.4, 0.5) is 0 Å². The topological polar surface area (TPSA) is 58.9 Å². The lowest BCUT2D eigenvalue weighted by Crippen LogP contribution is -2.42. The standard InChI is InChI=1S/C19H23BrN4O2/c1-14-17(12-21-22-18(25)13-23-8-10-26-11-9-23)19(20)15(2)24(14)16-6-4-3-5-7-16/h3-7,12H,8-11,13H2,1-2H3,(H,22,25)/b21-12-. The van der Waals surface area contributed by atoms with Gasteiger partial charge < -0.3 is 9.30 Å². The molecule has 138 valence electrons. The van der Waals surface area contributed by atoms with Crippen LogP contribution in [0.15, 0.2) is 39.9 Å². The van der Waals surface area contributed by atoms with Crippen molar-refractivity contribution in [1.29, 1.82) is 0 Å². The zero-order valence-corrected chi connectivity index (χ0v) is 16.6. The number of ether oxygens (including phenoxy) is 1. The Morgan fingerprint density at radius 3 is 2.62 bits per heavy atom. The highest BCUT2D eigenvalue weighted by molar-refractivity contribution is 9.10. The third-order valence-electron chi connectivity index (χ3n) is 4.48. The lowest BCUT2D eigenvalue weighted by atomic mass is 10.2. The van der Waals surface area contributed by atoms with Crippen molar-refractivity contribution in [3.63, 3.8) is 0 Å². The maximum Gasteiger partial charge on any atom is 0.254 e. The first kappa shape index (κ1) is 18.8. The van der Waals surface area contributed by atoms with Gasteiger partial charge in [0.25, 0.3) is 5.91 Å². The Morgan fingerprint density at radius 2 is 1.92 bits per heavy atom. The predicted molar refractivity (Wildman–Crippen MR) is 106 cm³/mol. The summed E-state index contributed by atoms with van der Waals surface area (Å²) in [4.78, 5) is 14.1. The number of hydrogen-bond acceptors (Lipinski definition) is 4. The second-order valence-electron chi connectivity index (χ2n) is 6.25.